The highest BCUT2D eigenvalue weighted by Gasteiger charge is 2.36. The van der Waals surface area contributed by atoms with Gasteiger partial charge < -0.3 is 20.9 Å². The van der Waals surface area contributed by atoms with Gasteiger partial charge in [-0.3, -0.25) is 9.80 Å². The highest BCUT2D eigenvalue weighted by Crippen LogP contribution is 2.19. The fourth-order valence-corrected chi connectivity index (χ4v) is 3.10. The van der Waals surface area contributed by atoms with Gasteiger partial charge in [0.05, 0.1) is 12.6 Å². The van der Waals surface area contributed by atoms with Crippen molar-refractivity contribution < 1.29 is 14.6 Å². The largest absolute Gasteiger partial charge is 0.465 e. The number of nitrogens with zero attached hydrogens (tertiary/aromatic N) is 2. The lowest BCUT2D eigenvalue weighted by Crippen LogP contribution is -2.63. The Labute approximate surface area is 132 Å². The topological polar surface area (TPSA) is 91.1 Å². The number of ether oxygens (including phenoxy) is 1. The number of carbonyl (C=O) groups is 1. The van der Waals surface area contributed by atoms with Gasteiger partial charge in [-0.05, 0) is 27.2 Å². The number of rotatable bonds is 2. The van der Waals surface area contributed by atoms with E-state index < -0.39 is 6.09 Å². The molecule has 0 spiro atoms. The van der Waals surface area contributed by atoms with E-state index in [0.29, 0.717) is 12.1 Å². The van der Waals surface area contributed by atoms with Gasteiger partial charge in [-0.15, -0.1) is 0 Å². The van der Waals surface area contributed by atoms with Crippen LogP contribution >= 0.6 is 0 Å². The average molecular weight is 314 g/mol. The first-order valence-corrected chi connectivity index (χ1v) is 8.09. The Balaban J connectivity index is 0.000000162. The Bertz CT molecular complexity index is 369. The molecule has 4 N–H and O–H groups in total. The normalized spacial score (nSPS) is 26.6. The maximum atomic E-state index is 10.9. The Morgan fingerprint density at radius 3 is 2.27 bits per heavy atom. The molecular weight excluding hydrogens is 284 g/mol. The maximum absolute atomic E-state index is 10.9. The van der Waals surface area contributed by atoms with Crippen molar-refractivity contribution in [3.05, 3.63) is 0 Å². The summed E-state index contributed by atoms with van der Waals surface area (Å²) in [6, 6.07) is 1.27. The van der Waals surface area contributed by atoms with Crippen LogP contribution in [0.5, 0.6) is 0 Å². The van der Waals surface area contributed by atoms with E-state index >= 15 is 0 Å². The van der Waals surface area contributed by atoms with Crippen molar-refractivity contribution >= 4 is 6.09 Å². The summed E-state index contributed by atoms with van der Waals surface area (Å²) in [6.07, 6.45) is 0.376. The number of amides is 1. The maximum Gasteiger partial charge on any atom is 0.408 e. The number of carboxylic acid groups (broad SMARTS) is 1. The Morgan fingerprint density at radius 1 is 1.36 bits per heavy atom. The van der Waals surface area contributed by atoms with E-state index in [-0.39, 0.29) is 11.6 Å². The van der Waals surface area contributed by atoms with Gasteiger partial charge in [0.2, 0.25) is 0 Å². The fourth-order valence-electron chi connectivity index (χ4n) is 3.10. The molecule has 0 aromatic heterocycles. The van der Waals surface area contributed by atoms with Gasteiger partial charge in [-0.25, -0.2) is 4.79 Å². The molecule has 3 saturated heterocycles. The second-order valence-corrected chi connectivity index (χ2v) is 7.37. The Kier molecular flexibility index (Phi) is 5.65. The summed E-state index contributed by atoms with van der Waals surface area (Å²) in [7, 11) is 0. The van der Waals surface area contributed by atoms with E-state index in [1.165, 1.54) is 11.3 Å². The van der Waals surface area contributed by atoms with Crippen LogP contribution in [-0.4, -0.2) is 84.1 Å². The molecule has 7 nitrogen and oxygen atoms in total. The van der Waals surface area contributed by atoms with Crippen molar-refractivity contribution in [3.8, 4) is 0 Å². The van der Waals surface area contributed by atoms with E-state index in [1.807, 2.05) is 20.8 Å². The molecule has 3 aliphatic heterocycles. The van der Waals surface area contributed by atoms with E-state index in [2.05, 4.69) is 10.2 Å². The van der Waals surface area contributed by atoms with E-state index in [9.17, 15) is 4.79 Å². The van der Waals surface area contributed by atoms with Gasteiger partial charge in [0, 0.05) is 50.4 Å². The Hall–Kier alpha value is -0.890. The molecule has 3 aliphatic rings. The number of hydrogen-bond acceptors (Lipinski definition) is 5. The van der Waals surface area contributed by atoms with E-state index in [1.54, 1.807) is 0 Å². The molecule has 128 valence electrons. The zero-order chi connectivity index (χ0) is 16.3. The highest BCUT2D eigenvalue weighted by molar-refractivity contribution is 5.66. The quantitative estimate of drug-likeness (QED) is 0.672. The molecular formula is C15H30N4O3. The SMILES string of the molecule is CC(C)(C)N(C(=O)O)C1CNC1.NC1CN(C2CCOC2)C1. The van der Waals surface area contributed by atoms with Crippen LogP contribution < -0.4 is 11.1 Å². The van der Waals surface area contributed by atoms with Gasteiger partial charge in [0.15, 0.2) is 0 Å². The molecule has 0 aromatic rings. The predicted molar refractivity (Wildman–Crippen MR) is 85.0 cm³/mol. The van der Waals surface area contributed by atoms with Crippen molar-refractivity contribution in [2.24, 2.45) is 5.73 Å². The average Bonchev–Trinajstić information content (AvgIpc) is 2.81. The fraction of sp³-hybridized carbons (Fsp3) is 0.933. The molecule has 0 radical (unpaired) electrons. The lowest BCUT2D eigenvalue weighted by molar-refractivity contribution is 0.0517. The summed E-state index contributed by atoms with van der Waals surface area (Å²) in [5.74, 6) is 0. The Morgan fingerprint density at radius 2 is 2.00 bits per heavy atom. The van der Waals surface area contributed by atoms with Gasteiger partial charge in [-0.1, -0.05) is 0 Å². The molecule has 0 aromatic carbocycles. The first kappa shape index (κ1) is 17.5. The van der Waals surface area contributed by atoms with Crippen LogP contribution in [0.1, 0.15) is 27.2 Å². The molecule has 22 heavy (non-hydrogen) atoms. The van der Waals surface area contributed by atoms with Gasteiger partial charge in [0.1, 0.15) is 0 Å². The predicted octanol–water partition coefficient (Wildman–Crippen LogP) is 0.155. The first-order valence-electron chi connectivity index (χ1n) is 8.09. The van der Waals surface area contributed by atoms with Crippen molar-refractivity contribution in [1.29, 1.82) is 0 Å². The third-order valence-corrected chi connectivity index (χ3v) is 4.41. The first-order chi connectivity index (χ1) is 10.3. The number of hydrogen-bond donors (Lipinski definition) is 3. The van der Waals surface area contributed by atoms with Gasteiger partial charge in [0.25, 0.3) is 0 Å². The summed E-state index contributed by atoms with van der Waals surface area (Å²) in [6.45, 7) is 11.3. The molecule has 3 heterocycles. The molecule has 0 saturated carbocycles. The summed E-state index contributed by atoms with van der Waals surface area (Å²) >= 11 is 0. The highest BCUT2D eigenvalue weighted by atomic mass is 16.5. The van der Waals surface area contributed by atoms with Crippen LogP contribution in [0.15, 0.2) is 0 Å². The summed E-state index contributed by atoms with van der Waals surface area (Å²) in [4.78, 5) is 14.8. The van der Waals surface area contributed by atoms with E-state index in [0.717, 1.165) is 39.4 Å². The molecule has 7 heteroatoms. The molecule has 0 bridgehead atoms. The summed E-state index contributed by atoms with van der Waals surface area (Å²) < 4.78 is 5.27. The minimum atomic E-state index is -0.825. The third kappa shape index (κ3) is 4.32. The number of nitrogens with two attached hydrogens (primary N) is 1. The molecule has 0 aliphatic carbocycles. The van der Waals surface area contributed by atoms with E-state index in [4.69, 9.17) is 15.6 Å². The van der Waals surface area contributed by atoms with Crippen LogP contribution in [0.25, 0.3) is 0 Å². The monoisotopic (exact) mass is 314 g/mol. The van der Waals surface area contributed by atoms with Crippen LogP contribution in [0, 0.1) is 0 Å². The van der Waals surface area contributed by atoms with Crippen molar-refractivity contribution in [3.63, 3.8) is 0 Å². The molecule has 3 rings (SSSR count). The zero-order valence-corrected chi connectivity index (χ0v) is 13.9. The van der Waals surface area contributed by atoms with Crippen molar-refractivity contribution in [1.82, 2.24) is 15.1 Å². The minimum absolute atomic E-state index is 0.155. The lowest BCUT2D eigenvalue weighted by Gasteiger charge is -2.44. The lowest BCUT2D eigenvalue weighted by atomic mass is 10.0. The minimum Gasteiger partial charge on any atom is -0.465 e. The van der Waals surface area contributed by atoms with Crippen LogP contribution in [0.3, 0.4) is 0 Å². The number of likely N-dealkylation sites (tertiary alicyclic amines) is 1. The molecule has 3 fully saturated rings. The van der Waals surface area contributed by atoms with Crippen LogP contribution in [0.4, 0.5) is 4.79 Å². The van der Waals surface area contributed by atoms with Crippen molar-refractivity contribution in [2.75, 3.05) is 39.4 Å². The van der Waals surface area contributed by atoms with Crippen molar-refractivity contribution in [2.45, 2.75) is 50.9 Å². The molecule has 1 amide bonds. The molecule has 1 unspecified atom stereocenters. The third-order valence-electron chi connectivity index (χ3n) is 4.41. The second kappa shape index (κ2) is 7.12. The van der Waals surface area contributed by atoms with Gasteiger partial charge in [-0.2, -0.15) is 0 Å². The summed E-state index contributed by atoms with van der Waals surface area (Å²) in [5.41, 5.74) is 5.36. The van der Waals surface area contributed by atoms with Crippen LogP contribution in [-0.2, 0) is 4.74 Å². The second-order valence-electron chi connectivity index (χ2n) is 7.37. The zero-order valence-electron chi connectivity index (χ0n) is 13.9. The van der Waals surface area contributed by atoms with Gasteiger partial charge >= 0.3 is 6.09 Å². The standard InChI is InChI=1S/C8H16N2O2.C7H14N2O/c1-8(2,3)10(7(11)12)6-4-9-5-6;8-6-3-9(4-6)7-1-2-10-5-7/h6,9H,4-5H2,1-3H3,(H,11,12);6-7H,1-5,8H2. The smallest absolute Gasteiger partial charge is 0.408 e. The number of nitrogens with one attached hydrogen (secondary N) is 1. The molecule has 1 atom stereocenters. The van der Waals surface area contributed by atoms with Crippen LogP contribution in [0.2, 0.25) is 0 Å². The summed E-state index contributed by atoms with van der Waals surface area (Å²) in [5, 5.41) is 12.0.